The van der Waals surface area contributed by atoms with Crippen molar-refractivity contribution in [1.29, 1.82) is 0 Å². The molecule has 0 aliphatic carbocycles. The van der Waals surface area contributed by atoms with Gasteiger partial charge in [-0.1, -0.05) is 17.4 Å². The number of pyridine rings is 1. The van der Waals surface area contributed by atoms with E-state index in [9.17, 15) is 4.79 Å². The Morgan fingerprint density at radius 3 is 3.19 bits per heavy atom. The molecule has 0 aliphatic rings. The molecule has 82 valence electrons. The minimum absolute atomic E-state index is 0.185. The van der Waals surface area contributed by atoms with Crippen LogP contribution in [0.3, 0.4) is 0 Å². The molecule has 16 heavy (non-hydrogen) atoms. The summed E-state index contributed by atoms with van der Waals surface area (Å²) < 4.78 is 1.54. The third kappa shape index (κ3) is 1.67. The average Bonchev–Trinajstić information content (AvgIpc) is 2.68. The summed E-state index contributed by atoms with van der Waals surface area (Å²) in [6.45, 7) is 5.83. The lowest BCUT2D eigenvalue weighted by molar-refractivity contribution is 0.0950. The van der Waals surface area contributed by atoms with Crippen molar-refractivity contribution in [2.24, 2.45) is 0 Å². The van der Waals surface area contributed by atoms with Crippen molar-refractivity contribution < 1.29 is 4.79 Å². The van der Waals surface area contributed by atoms with Gasteiger partial charge in [0.25, 0.3) is 5.91 Å². The average molecular weight is 216 g/mol. The lowest BCUT2D eigenvalue weighted by atomic mass is 10.3. The van der Waals surface area contributed by atoms with E-state index in [1.165, 1.54) is 4.52 Å². The van der Waals surface area contributed by atoms with Gasteiger partial charge in [-0.2, -0.15) is 0 Å². The molecule has 0 aliphatic heterocycles. The molecule has 2 heterocycles. The maximum atomic E-state index is 11.8. The first-order chi connectivity index (χ1) is 7.74. The van der Waals surface area contributed by atoms with Gasteiger partial charge in [-0.25, -0.2) is 4.52 Å². The smallest absolute Gasteiger partial charge is 0.270 e. The number of nitrogens with one attached hydrogen (secondary N) is 1. The number of amides is 1. The zero-order valence-electron chi connectivity index (χ0n) is 8.97. The highest BCUT2D eigenvalue weighted by atomic mass is 16.1. The molecular weight excluding hydrogens is 204 g/mol. The van der Waals surface area contributed by atoms with Crippen LogP contribution in [-0.4, -0.2) is 27.3 Å². The van der Waals surface area contributed by atoms with E-state index in [4.69, 9.17) is 0 Å². The third-order valence-corrected chi connectivity index (χ3v) is 2.26. The van der Waals surface area contributed by atoms with Crippen molar-refractivity contribution in [2.45, 2.75) is 6.92 Å². The predicted octanol–water partition coefficient (Wildman–Crippen LogP) is 0.954. The van der Waals surface area contributed by atoms with Crippen molar-refractivity contribution in [1.82, 2.24) is 20.1 Å². The van der Waals surface area contributed by atoms with Crippen molar-refractivity contribution in [3.8, 4) is 0 Å². The molecule has 0 aromatic carbocycles. The summed E-state index contributed by atoms with van der Waals surface area (Å²) in [5.74, 6) is -0.185. The number of nitrogens with zero attached hydrogens (tertiary/aromatic N) is 3. The molecule has 2 aromatic rings. The molecule has 5 heteroatoms. The number of hydrogen-bond acceptors (Lipinski definition) is 3. The van der Waals surface area contributed by atoms with Crippen LogP contribution in [0.1, 0.15) is 16.2 Å². The molecule has 0 radical (unpaired) electrons. The SMILES string of the molecule is C=CCNC(=O)c1cccc2c(C)nnn12. The van der Waals surface area contributed by atoms with E-state index in [0.29, 0.717) is 12.2 Å². The molecule has 0 bridgehead atoms. The first kappa shape index (κ1) is 10.4. The summed E-state index contributed by atoms with van der Waals surface area (Å²) in [5, 5.41) is 10.6. The highest BCUT2D eigenvalue weighted by Gasteiger charge is 2.11. The fourth-order valence-electron chi connectivity index (χ4n) is 1.46. The van der Waals surface area contributed by atoms with Gasteiger partial charge in [-0.05, 0) is 19.1 Å². The van der Waals surface area contributed by atoms with Crippen LogP contribution < -0.4 is 5.32 Å². The maximum absolute atomic E-state index is 11.8. The van der Waals surface area contributed by atoms with Crippen LogP contribution in [0, 0.1) is 6.92 Å². The molecule has 0 spiro atoms. The van der Waals surface area contributed by atoms with E-state index in [2.05, 4.69) is 22.2 Å². The number of rotatable bonds is 3. The van der Waals surface area contributed by atoms with Crippen LogP contribution >= 0.6 is 0 Å². The fraction of sp³-hybridized carbons (Fsp3) is 0.182. The molecule has 0 fully saturated rings. The summed E-state index contributed by atoms with van der Waals surface area (Å²) in [7, 11) is 0. The topological polar surface area (TPSA) is 59.3 Å². The molecule has 5 nitrogen and oxygen atoms in total. The lowest BCUT2D eigenvalue weighted by Crippen LogP contribution is -2.25. The largest absolute Gasteiger partial charge is 0.347 e. The molecule has 0 saturated carbocycles. The van der Waals surface area contributed by atoms with Crippen LogP contribution in [-0.2, 0) is 0 Å². The van der Waals surface area contributed by atoms with Gasteiger partial charge in [0, 0.05) is 6.54 Å². The number of carbonyl (C=O) groups excluding carboxylic acids is 1. The summed E-state index contributed by atoms with van der Waals surface area (Å²) >= 11 is 0. The summed E-state index contributed by atoms with van der Waals surface area (Å²) in [6.07, 6.45) is 1.63. The molecule has 0 unspecified atom stereocenters. The number of hydrogen-bond donors (Lipinski definition) is 1. The Hall–Kier alpha value is -2.17. The van der Waals surface area contributed by atoms with Crippen LogP contribution in [0.5, 0.6) is 0 Å². The monoisotopic (exact) mass is 216 g/mol. The van der Waals surface area contributed by atoms with Crippen molar-refractivity contribution in [3.05, 3.63) is 42.2 Å². The molecule has 1 N–H and O–H groups in total. The second-order valence-corrected chi connectivity index (χ2v) is 3.38. The van der Waals surface area contributed by atoms with E-state index in [-0.39, 0.29) is 5.91 Å². The molecule has 0 saturated heterocycles. The Bertz CT molecular complexity index is 544. The van der Waals surface area contributed by atoms with Gasteiger partial charge in [-0.3, -0.25) is 4.79 Å². The van der Waals surface area contributed by atoms with Crippen molar-refractivity contribution in [3.63, 3.8) is 0 Å². The van der Waals surface area contributed by atoms with E-state index < -0.39 is 0 Å². The summed E-state index contributed by atoms with van der Waals surface area (Å²) in [5.41, 5.74) is 2.12. The molecule has 1 amide bonds. The zero-order chi connectivity index (χ0) is 11.5. The highest BCUT2D eigenvalue weighted by molar-refractivity contribution is 5.93. The number of aromatic nitrogens is 3. The Kier molecular flexibility index (Phi) is 2.68. The summed E-state index contributed by atoms with van der Waals surface area (Å²) in [4.78, 5) is 11.8. The Labute approximate surface area is 92.8 Å². The van der Waals surface area contributed by atoms with E-state index in [1.807, 2.05) is 19.1 Å². The van der Waals surface area contributed by atoms with Crippen molar-refractivity contribution in [2.75, 3.05) is 6.54 Å². The minimum Gasteiger partial charge on any atom is -0.347 e. The van der Waals surface area contributed by atoms with Gasteiger partial charge in [0.15, 0.2) is 0 Å². The highest BCUT2D eigenvalue weighted by Crippen LogP contribution is 2.09. The van der Waals surface area contributed by atoms with Crippen LogP contribution in [0.25, 0.3) is 5.52 Å². The van der Waals surface area contributed by atoms with Crippen LogP contribution in [0.4, 0.5) is 0 Å². The Morgan fingerprint density at radius 2 is 2.44 bits per heavy atom. The first-order valence-electron chi connectivity index (χ1n) is 4.94. The molecular formula is C11H12N4O. The van der Waals surface area contributed by atoms with Gasteiger partial charge in [-0.15, -0.1) is 11.7 Å². The van der Waals surface area contributed by atoms with E-state index in [1.54, 1.807) is 12.1 Å². The maximum Gasteiger partial charge on any atom is 0.270 e. The van der Waals surface area contributed by atoms with E-state index in [0.717, 1.165) is 11.2 Å². The van der Waals surface area contributed by atoms with Gasteiger partial charge >= 0.3 is 0 Å². The standard InChI is InChI=1S/C11H12N4O/c1-3-7-12-11(16)10-6-4-5-9-8(2)13-14-15(9)10/h3-6H,1,7H2,2H3,(H,12,16). The van der Waals surface area contributed by atoms with Gasteiger partial charge in [0.05, 0.1) is 11.2 Å². The van der Waals surface area contributed by atoms with Gasteiger partial charge < -0.3 is 5.32 Å². The van der Waals surface area contributed by atoms with Gasteiger partial charge in [0.2, 0.25) is 0 Å². The van der Waals surface area contributed by atoms with Crippen LogP contribution in [0.2, 0.25) is 0 Å². The van der Waals surface area contributed by atoms with Gasteiger partial charge in [0.1, 0.15) is 5.69 Å². The minimum atomic E-state index is -0.185. The summed E-state index contributed by atoms with van der Waals surface area (Å²) in [6, 6.07) is 5.40. The zero-order valence-corrected chi connectivity index (χ0v) is 8.97. The lowest BCUT2D eigenvalue weighted by Gasteiger charge is -2.03. The van der Waals surface area contributed by atoms with Crippen molar-refractivity contribution >= 4 is 11.4 Å². The normalized spacial score (nSPS) is 10.3. The quantitative estimate of drug-likeness (QED) is 0.777. The molecule has 0 atom stereocenters. The Morgan fingerprint density at radius 1 is 1.62 bits per heavy atom. The van der Waals surface area contributed by atoms with E-state index >= 15 is 0 Å². The number of aryl methyl sites for hydroxylation is 1. The predicted molar refractivity (Wildman–Crippen MR) is 60.3 cm³/mol. The number of fused-ring (bicyclic) bond motifs is 1. The number of carbonyl (C=O) groups is 1. The molecule has 2 rings (SSSR count). The Balaban J connectivity index is 2.44. The second-order valence-electron chi connectivity index (χ2n) is 3.38. The second kappa shape index (κ2) is 4.14. The molecule has 2 aromatic heterocycles. The fourth-order valence-corrected chi connectivity index (χ4v) is 1.46. The van der Waals surface area contributed by atoms with Crippen LogP contribution in [0.15, 0.2) is 30.9 Å². The first-order valence-corrected chi connectivity index (χ1v) is 4.94. The third-order valence-electron chi connectivity index (χ3n) is 2.26.